The van der Waals surface area contributed by atoms with Gasteiger partial charge in [-0.15, -0.1) is 0 Å². The molecule has 0 radical (unpaired) electrons. The van der Waals surface area contributed by atoms with Crippen LogP contribution in [0, 0.1) is 0 Å². The molecule has 2 amide bonds. The second-order valence-electron chi connectivity index (χ2n) is 7.28. The average Bonchev–Trinajstić information content (AvgIpc) is 2.82. The summed E-state index contributed by atoms with van der Waals surface area (Å²) in [7, 11) is 1.51. The highest BCUT2D eigenvalue weighted by Crippen LogP contribution is 2.30. The van der Waals surface area contributed by atoms with E-state index in [9.17, 15) is 9.59 Å². The van der Waals surface area contributed by atoms with E-state index in [1.54, 1.807) is 4.90 Å². The third-order valence-corrected chi connectivity index (χ3v) is 5.48. The van der Waals surface area contributed by atoms with Crippen molar-refractivity contribution in [1.82, 2.24) is 10.2 Å². The quantitative estimate of drug-likeness (QED) is 0.724. The minimum Gasteiger partial charge on any atom is -0.439 e. The van der Waals surface area contributed by atoms with Gasteiger partial charge in [-0.1, -0.05) is 54.6 Å². The van der Waals surface area contributed by atoms with Gasteiger partial charge in [0.25, 0.3) is 5.91 Å². The highest BCUT2D eigenvalue weighted by atomic mass is 16.6. The van der Waals surface area contributed by atoms with E-state index in [2.05, 4.69) is 76.9 Å². The first-order valence-electron chi connectivity index (χ1n) is 10.1. The zero-order chi connectivity index (χ0) is 20.9. The summed E-state index contributed by atoms with van der Waals surface area (Å²) in [6, 6.07) is 23.4. The number of piperazine rings is 1. The minimum absolute atomic E-state index is 0.245. The number of ether oxygens (including phenoxy) is 1. The monoisotopic (exact) mass is 403 g/mol. The van der Waals surface area contributed by atoms with Crippen LogP contribution < -0.4 is 10.2 Å². The van der Waals surface area contributed by atoms with Crippen LogP contribution in [0.1, 0.15) is 0 Å². The summed E-state index contributed by atoms with van der Waals surface area (Å²) < 4.78 is 5.03. The Bertz CT molecular complexity index is 1040. The second kappa shape index (κ2) is 8.86. The fourth-order valence-corrected chi connectivity index (χ4v) is 3.77. The van der Waals surface area contributed by atoms with Gasteiger partial charge in [-0.25, -0.2) is 4.79 Å². The lowest BCUT2D eigenvalue weighted by atomic mass is 9.98. The van der Waals surface area contributed by atoms with Crippen molar-refractivity contribution in [2.45, 2.75) is 0 Å². The number of hydrogen-bond donors (Lipinski definition) is 1. The molecule has 0 aromatic heterocycles. The SMILES string of the molecule is CNC(=O)COC(=O)N1CCN(c2ccc(-c3cccc4ccccc34)cc2)CC1. The molecule has 0 bridgehead atoms. The molecule has 0 atom stereocenters. The van der Waals surface area contributed by atoms with Gasteiger partial charge in [0.2, 0.25) is 0 Å². The predicted octanol–water partition coefficient (Wildman–Crippen LogP) is 3.51. The van der Waals surface area contributed by atoms with Crippen LogP contribution in [0.5, 0.6) is 0 Å². The number of carbonyl (C=O) groups excluding carboxylic acids is 2. The molecular formula is C24H25N3O3. The zero-order valence-corrected chi connectivity index (χ0v) is 17.0. The van der Waals surface area contributed by atoms with Crippen LogP contribution in [-0.2, 0) is 9.53 Å². The maximum atomic E-state index is 12.1. The second-order valence-corrected chi connectivity index (χ2v) is 7.28. The number of nitrogens with zero attached hydrogens (tertiary/aromatic N) is 2. The smallest absolute Gasteiger partial charge is 0.410 e. The summed E-state index contributed by atoms with van der Waals surface area (Å²) in [6.07, 6.45) is -0.440. The number of amides is 2. The first-order chi connectivity index (χ1) is 14.7. The maximum Gasteiger partial charge on any atom is 0.410 e. The Hall–Kier alpha value is -3.54. The molecule has 3 aromatic carbocycles. The summed E-state index contributed by atoms with van der Waals surface area (Å²) in [6.45, 7) is 2.34. The third kappa shape index (κ3) is 4.22. The molecule has 1 fully saturated rings. The van der Waals surface area contributed by atoms with Crippen molar-refractivity contribution in [2.75, 3.05) is 44.7 Å². The van der Waals surface area contributed by atoms with Crippen LogP contribution in [0.15, 0.2) is 66.7 Å². The summed E-state index contributed by atoms with van der Waals surface area (Å²) in [5, 5.41) is 4.92. The molecule has 0 aliphatic carbocycles. The Labute approximate surface area is 176 Å². The van der Waals surface area contributed by atoms with Gasteiger partial charge in [0.05, 0.1) is 0 Å². The fraction of sp³-hybridized carbons (Fsp3) is 0.250. The van der Waals surface area contributed by atoms with E-state index in [1.807, 2.05) is 0 Å². The van der Waals surface area contributed by atoms with E-state index < -0.39 is 6.09 Å². The largest absolute Gasteiger partial charge is 0.439 e. The van der Waals surface area contributed by atoms with E-state index in [1.165, 1.54) is 28.9 Å². The number of likely N-dealkylation sites (N-methyl/N-ethyl adjacent to an activating group) is 1. The molecule has 0 unspecified atom stereocenters. The number of rotatable bonds is 4. The maximum absolute atomic E-state index is 12.1. The summed E-state index contributed by atoms with van der Waals surface area (Å²) in [5.41, 5.74) is 3.55. The lowest BCUT2D eigenvalue weighted by Crippen LogP contribution is -2.49. The third-order valence-electron chi connectivity index (χ3n) is 5.48. The van der Waals surface area contributed by atoms with Gasteiger partial charge < -0.3 is 19.9 Å². The van der Waals surface area contributed by atoms with Crippen LogP contribution in [0.2, 0.25) is 0 Å². The van der Waals surface area contributed by atoms with Gasteiger partial charge in [-0.3, -0.25) is 4.79 Å². The van der Waals surface area contributed by atoms with Crippen molar-refractivity contribution >= 4 is 28.5 Å². The van der Waals surface area contributed by atoms with E-state index in [0.717, 1.165) is 18.8 Å². The topological polar surface area (TPSA) is 61.9 Å². The van der Waals surface area contributed by atoms with Gasteiger partial charge in [-0.05, 0) is 34.0 Å². The molecule has 6 heteroatoms. The number of carbonyl (C=O) groups is 2. The molecule has 1 N–H and O–H groups in total. The Morgan fingerprint density at radius 2 is 1.60 bits per heavy atom. The summed E-state index contributed by atoms with van der Waals surface area (Å²) >= 11 is 0. The fourth-order valence-electron chi connectivity index (χ4n) is 3.77. The molecule has 1 aliphatic rings. The molecule has 3 aromatic rings. The van der Waals surface area contributed by atoms with Crippen molar-refractivity contribution in [3.8, 4) is 11.1 Å². The highest BCUT2D eigenvalue weighted by Gasteiger charge is 2.23. The first-order valence-corrected chi connectivity index (χ1v) is 10.1. The molecule has 4 rings (SSSR count). The number of nitrogens with one attached hydrogen (secondary N) is 1. The Balaban J connectivity index is 1.40. The van der Waals surface area contributed by atoms with Crippen molar-refractivity contribution in [2.24, 2.45) is 0 Å². The summed E-state index contributed by atoms with van der Waals surface area (Å²) in [5.74, 6) is -0.312. The molecule has 6 nitrogen and oxygen atoms in total. The van der Waals surface area contributed by atoms with Crippen molar-refractivity contribution < 1.29 is 14.3 Å². The molecule has 30 heavy (non-hydrogen) atoms. The Morgan fingerprint density at radius 1 is 0.900 bits per heavy atom. The molecule has 1 heterocycles. The Morgan fingerprint density at radius 3 is 2.33 bits per heavy atom. The molecular weight excluding hydrogens is 378 g/mol. The molecule has 154 valence electrons. The van der Waals surface area contributed by atoms with E-state index >= 15 is 0 Å². The first kappa shape index (κ1) is 19.8. The van der Waals surface area contributed by atoms with E-state index in [4.69, 9.17) is 4.74 Å². The average molecular weight is 403 g/mol. The lowest BCUT2D eigenvalue weighted by Gasteiger charge is -2.35. The van der Waals surface area contributed by atoms with E-state index in [0.29, 0.717) is 13.1 Å². The highest BCUT2D eigenvalue weighted by molar-refractivity contribution is 5.96. The Kier molecular flexibility index (Phi) is 5.84. The van der Waals surface area contributed by atoms with Crippen LogP contribution in [0.4, 0.5) is 10.5 Å². The van der Waals surface area contributed by atoms with Crippen LogP contribution in [0.25, 0.3) is 21.9 Å². The molecule has 0 saturated carbocycles. The number of hydrogen-bond acceptors (Lipinski definition) is 4. The number of fused-ring (bicyclic) bond motifs is 1. The number of benzene rings is 3. The molecule has 0 spiro atoms. The van der Waals surface area contributed by atoms with Gasteiger partial charge in [0.1, 0.15) is 0 Å². The zero-order valence-electron chi connectivity index (χ0n) is 17.0. The van der Waals surface area contributed by atoms with Gasteiger partial charge in [-0.2, -0.15) is 0 Å². The van der Waals surface area contributed by atoms with Crippen LogP contribution in [0.3, 0.4) is 0 Å². The van der Waals surface area contributed by atoms with E-state index in [-0.39, 0.29) is 12.5 Å². The molecule has 1 saturated heterocycles. The van der Waals surface area contributed by atoms with Crippen molar-refractivity contribution in [3.05, 3.63) is 66.7 Å². The van der Waals surface area contributed by atoms with Crippen LogP contribution in [-0.4, -0.2) is 56.7 Å². The summed E-state index contributed by atoms with van der Waals surface area (Å²) in [4.78, 5) is 27.2. The van der Waals surface area contributed by atoms with Gasteiger partial charge >= 0.3 is 6.09 Å². The standard InChI is InChI=1S/C24H25N3O3/c1-25-23(28)17-30-24(29)27-15-13-26(14-16-27)20-11-9-19(10-12-20)22-8-4-6-18-5-2-3-7-21(18)22/h2-12H,13-17H2,1H3,(H,25,28). The van der Waals surface area contributed by atoms with Crippen molar-refractivity contribution in [1.29, 1.82) is 0 Å². The normalized spacial score (nSPS) is 13.9. The number of anilines is 1. The van der Waals surface area contributed by atoms with Gasteiger partial charge in [0.15, 0.2) is 6.61 Å². The lowest BCUT2D eigenvalue weighted by molar-refractivity contribution is -0.123. The minimum atomic E-state index is -0.440. The predicted molar refractivity (Wildman–Crippen MR) is 119 cm³/mol. The van der Waals surface area contributed by atoms with Gasteiger partial charge in [0, 0.05) is 38.9 Å². The van der Waals surface area contributed by atoms with Crippen LogP contribution >= 0.6 is 0 Å². The van der Waals surface area contributed by atoms with Crippen molar-refractivity contribution in [3.63, 3.8) is 0 Å². The molecule has 1 aliphatic heterocycles.